The van der Waals surface area contributed by atoms with Crippen LogP contribution in [-0.2, 0) is 11.8 Å². The van der Waals surface area contributed by atoms with Crippen molar-refractivity contribution in [3.63, 3.8) is 0 Å². The smallest absolute Gasteiger partial charge is 0.145 e. The van der Waals surface area contributed by atoms with Crippen LogP contribution >= 0.6 is 0 Å². The lowest BCUT2D eigenvalue weighted by atomic mass is 9.51. The molecule has 2 atom stereocenters. The van der Waals surface area contributed by atoms with E-state index in [1.807, 2.05) is 6.20 Å². The van der Waals surface area contributed by atoms with Crippen LogP contribution in [-0.4, -0.2) is 5.16 Å². The van der Waals surface area contributed by atoms with Crippen LogP contribution in [0.3, 0.4) is 0 Å². The minimum Gasteiger partial charge on any atom is -0.361 e. The Bertz CT molecular complexity index is 740. The van der Waals surface area contributed by atoms with Crippen molar-refractivity contribution in [3.8, 4) is 0 Å². The third kappa shape index (κ3) is 2.36. The monoisotopic (exact) mass is 307 g/mol. The van der Waals surface area contributed by atoms with Gasteiger partial charge in [0.05, 0.1) is 6.20 Å². The topological polar surface area (TPSA) is 26.0 Å². The number of aromatic nitrogens is 1. The molecule has 0 N–H and O–H groups in total. The molecule has 0 spiro atoms. The van der Waals surface area contributed by atoms with Gasteiger partial charge in [-0.15, -0.1) is 0 Å². The molecule has 23 heavy (non-hydrogen) atoms. The molecule has 0 radical (unpaired) electrons. The minimum atomic E-state index is 0.0805. The molecule has 1 saturated carbocycles. The number of hydrogen-bond acceptors (Lipinski definition) is 2. The molecule has 1 aromatic carbocycles. The average molecular weight is 307 g/mol. The largest absolute Gasteiger partial charge is 0.361 e. The highest BCUT2D eigenvalue weighted by atomic mass is 16.5. The lowest BCUT2D eigenvalue weighted by Gasteiger charge is -2.52. The Morgan fingerprint density at radius 3 is 2.70 bits per heavy atom. The third-order valence-electron chi connectivity index (χ3n) is 6.09. The molecule has 120 valence electrons. The van der Waals surface area contributed by atoms with Crippen LogP contribution < -0.4 is 0 Å². The van der Waals surface area contributed by atoms with Crippen LogP contribution in [0.15, 0.2) is 46.6 Å². The SMILES string of the molecule is CC1(C)c2oncc2C[C@]2(C)C/C(=C/c3ccccc3)CC[C@@H]12. The highest BCUT2D eigenvalue weighted by Crippen LogP contribution is 2.57. The Kier molecular flexibility index (Phi) is 3.26. The van der Waals surface area contributed by atoms with Crippen LogP contribution in [0.2, 0.25) is 0 Å². The third-order valence-corrected chi connectivity index (χ3v) is 6.09. The Hall–Kier alpha value is -1.83. The van der Waals surface area contributed by atoms with Gasteiger partial charge in [-0.05, 0) is 42.6 Å². The summed E-state index contributed by atoms with van der Waals surface area (Å²) in [6.07, 6.45) is 9.04. The van der Waals surface area contributed by atoms with E-state index in [0.29, 0.717) is 11.3 Å². The minimum absolute atomic E-state index is 0.0805. The number of allylic oxidation sites excluding steroid dienone is 1. The van der Waals surface area contributed by atoms with Gasteiger partial charge in [-0.3, -0.25) is 0 Å². The molecule has 1 heterocycles. The van der Waals surface area contributed by atoms with Gasteiger partial charge in [0, 0.05) is 11.0 Å². The highest BCUT2D eigenvalue weighted by molar-refractivity contribution is 5.53. The molecule has 1 fully saturated rings. The zero-order valence-electron chi connectivity index (χ0n) is 14.3. The van der Waals surface area contributed by atoms with E-state index in [2.05, 4.69) is 62.3 Å². The fourth-order valence-electron chi connectivity index (χ4n) is 5.24. The Morgan fingerprint density at radius 2 is 1.91 bits per heavy atom. The quantitative estimate of drug-likeness (QED) is 0.705. The van der Waals surface area contributed by atoms with Gasteiger partial charge in [0.1, 0.15) is 5.76 Å². The van der Waals surface area contributed by atoms with Gasteiger partial charge in [-0.1, -0.05) is 67.9 Å². The van der Waals surface area contributed by atoms with Crippen LogP contribution in [0.5, 0.6) is 0 Å². The van der Waals surface area contributed by atoms with E-state index in [9.17, 15) is 0 Å². The van der Waals surface area contributed by atoms with Crippen LogP contribution in [0, 0.1) is 11.3 Å². The number of fused-ring (bicyclic) bond motifs is 2. The number of nitrogens with zero attached hydrogens (tertiary/aromatic N) is 1. The second kappa shape index (κ2) is 5.09. The normalized spacial score (nSPS) is 30.7. The predicted molar refractivity (Wildman–Crippen MR) is 93.1 cm³/mol. The van der Waals surface area contributed by atoms with E-state index in [-0.39, 0.29) is 5.41 Å². The molecule has 2 aliphatic rings. The molecule has 2 aliphatic carbocycles. The standard InChI is InChI=1S/C21H25NO/c1-20(2)18-10-9-16(11-15-7-5-4-6-8-15)12-21(18,3)13-17-14-22-23-19(17)20/h4-8,11,14,18H,9-10,12-13H2,1-3H3/b16-11+/t18-,21-/m0/s1. The second-order valence-electron chi connectivity index (χ2n) is 8.21. The van der Waals surface area contributed by atoms with Crippen molar-refractivity contribution in [2.45, 2.75) is 51.9 Å². The van der Waals surface area contributed by atoms with Crippen molar-refractivity contribution < 1.29 is 4.52 Å². The van der Waals surface area contributed by atoms with Crippen LogP contribution in [0.1, 0.15) is 56.9 Å². The molecule has 0 aliphatic heterocycles. The van der Waals surface area contributed by atoms with Gasteiger partial charge >= 0.3 is 0 Å². The zero-order chi connectivity index (χ0) is 16.1. The zero-order valence-corrected chi connectivity index (χ0v) is 14.3. The Balaban J connectivity index is 1.68. The summed E-state index contributed by atoms with van der Waals surface area (Å²) in [4.78, 5) is 0. The number of benzene rings is 1. The maximum atomic E-state index is 5.62. The molecule has 0 saturated heterocycles. The van der Waals surface area contributed by atoms with Gasteiger partial charge in [-0.2, -0.15) is 0 Å². The first kappa shape index (κ1) is 14.7. The molecule has 0 bridgehead atoms. The van der Waals surface area contributed by atoms with Gasteiger partial charge in [0.2, 0.25) is 0 Å². The van der Waals surface area contributed by atoms with Crippen molar-refractivity contribution in [3.05, 3.63) is 59.0 Å². The van der Waals surface area contributed by atoms with Gasteiger partial charge < -0.3 is 4.52 Å². The first-order valence-electron chi connectivity index (χ1n) is 8.67. The van der Waals surface area contributed by atoms with Crippen LogP contribution in [0.25, 0.3) is 6.08 Å². The maximum absolute atomic E-state index is 5.62. The van der Waals surface area contributed by atoms with E-state index >= 15 is 0 Å². The fourth-order valence-corrected chi connectivity index (χ4v) is 5.24. The molecule has 1 aromatic heterocycles. The summed E-state index contributed by atoms with van der Waals surface area (Å²) in [5, 5.41) is 4.09. The molecule has 2 aromatic rings. The summed E-state index contributed by atoms with van der Waals surface area (Å²) >= 11 is 0. The first-order chi connectivity index (χ1) is 11.0. The van der Waals surface area contributed by atoms with Crippen molar-refractivity contribution in [1.82, 2.24) is 5.16 Å². The summed E-state index contributed by atoms with van der Waals surface area (Å²) in [5.41, 5.74) is 4.61. The van der Waals surface area contributed by atoms with Gasteiger partial charge in [-0.25, -0.2) is 0 Å². The Labute approximate surface area is 138 Å². The van der Waals surface area contributed by atoms with E-state index in [1.54, 1.807) is 5.57 Å². The summed E-state index contributed by atoms with van der Waals surface area (Å²) in [6.45, 7) is 7.14. The molecule has 0 unspecified atom stereocenters. The number of rotatable bonds is 1. The fraction of sp³-hybridized carbons (Fsp3) is 0.476. The lowest BCUT2D eigenvalue weighted by molar-refractivity contribution is 0.0470. The highest BCUT2D eigenvalue weighted by Gasteiger charge is 2.52. The van der Waals surface area contributed by atoms with E-state index in [4.69, 9.17) is 4.52 Å². The molecule has 2 heteroatoms. The van der Waals surface area contributed by atoms with Crippen molar-refractivity contribution in [2.75, 3.05) is 0 Å². The van der Waals surface area contributed by atoms with Crippen molar-refractivity contribution in [2.24, 2.45) is 11.3 Å². The van der Waals surface area contributed by atoms with Crippen molar-refractivity contribution >= 4 is 6.08 Å². The van der Waals surface area contributed by atoms with Crippen LogP contribution in [0.4, 0.5) is 0 Å². The second-order valence-corrected chi connectivity index (χ2v) is 8.21. The summed E-state index contributed by atoms with van der Waals surface area (Å²) in [6, 6.07) is 10.7. The average Bonchev–Trinajstić information content (AvgIpc) is 2.96. The maximum Gasteiger partial charge on any atom is 0.145 e. The summed E-state index contributed by atoms with van der Waals surface area (Å²) in [5.74, 6) is 1.78. The van der Waals surface area contributed by atoms with Gasteiger partial charge in [0.15, 0.2) is 0 Å². The van der Waals surface area contributed by atoms with E-state index in [0.717, 1.165) is 12.2 Å². The van der Waals surface area contributed by atoms with Gasteiger partial charge in [0.25, 0.3) is 0 Å². The predicted octanol–water partition coefficient (Wildman–Crippen LogP) is 5.40. The lowest BCUT2D eigenvalue weighted by Crippen LogP contribution is -2.48. The molecule has 2 nitrogen and oxygen atoms in total. The molecular weight excluding hydrogens is 282 g/mol. The Morgan fingerprint density at radius 1 is 1.13 bits per heavy atom. The molecule has 4 rings (SSSR count). The molecular formula is C21H25NO. The molecule has 0 amide bonds. The first-order valence-corrected chi connectivity index (χ1v) is 8.67. The van der Waals surface area contributed by atoms with Crippen molar-refractivity contribution in [1.29, 1.82) is 0 Å². The summed E-state index contributed by atoms with van der Waals surface area (Å²) in [7, 11) is 0. The van der Waals surface area contributed by atoms with E-state index in [1.165, 1.54) is 30.4 Å². The van der Waals surface area contributed by atoms with E-state index < -0.39 is 0 Å². The summed E-state index contributed by atoms with van der Waals surface area (Å²) < 4.78 is 5.62. The number of hydrogen-bond donors (Lipinski definition) is 0.